The molecule has 0 radical (unpaired) electrons. The molecule has 0 unspecified atom stereocenters. The summed E-state index contributed by atoms with van der Waals surface area (Å²) in [4.78, 5) is 7.70. The number of aromatic amines is 1. The lowest BCUT2D eigenvalue weighted by Gasteiger charge is -1.98. The molecule has 0 aliphatic carbocycles. The van der Waals surface area contributed by atoms with Crippen molar-refractivity contribution in [3.8, 4) is 0 Å². The Bertz CT molecular complexity index is 403. The summed E-state index contributed by atoms with van der Waals surface area (Å²) < 4.78 is 1.28. The van der Waals surface area contributed by atoms with Crippen molar-refractivity contribution < 1.29 is 0 Å². The average molecular weight is 227 g/mol. The quantitative estimate of drug-likeness (QED) is 0.744. The van der Waals surface area contributed by atoms with Gasteiger partial charge in [0, 0.05) is 21.9 Å². The molecule has 0 spiro atoms. The van der Waals surface area contributed by atoms with Gasteiger partial charge in [-0.2, -0.15) is 0 Å². The Hall–Kier alpha value is -0.570. The Labute approximate surface area is 79.5 Å². The molecule has 0 fully saturated rings. The first kappa shape index (κ1) is 8.05. The molecule has 1 aromatic heterocycles. The third kappa shape index (κ3) is 1.22. The first-order valence-electron chi connectivity index (χ1n) is 4.22. The second-order valence-electron chi connectivity index (χ2n) is 2.95. The highest BCUT2D eigenvalue weighted by atomic mass is 79.9. The van der Waals surface area contributed by atoms with Crippen LogP contribution in [0.4, 0.5) is 0 Å². The number of nitrogens with one attached hydrogen (secondary N) is 1. The highest BCUT2D eigenvalue weighted by Gasteiger charge is 2.04. The zero-order valence-electron chi connectivity index (χ0n) is 7.02. The molecule has 2 heterocycles. The van der Waals surface area contributed by atoms with E-state index < -0.39 is 0 Å². The van der Waals surface area contributed by atoms with Crippen LogP contribution < -0.4 is 10.7 Å². The largest absolute Gasteiger partial charge is 0.344 e. The summed E-state index contributed by atoms with van der Waals surface area (Å²) in [7, 11) is 0. The van der Waals surface area contributed by atoms with E-state index in [-0.39, 0.29) is 0 Å². The summed E-state index contributed by atoms with van der Waals surface area (Å²) >= 11 is 3.57. The van der Waals surface area contributed by atoms with Gasteiger partial charge in [0.1, 0.15) is 5.49 Å². The van der Waals surface area contributed by atoms with Crippen molar-refractivity contribution in [1.29, 1.82) is 0 Å². The molecule has 1 aromatic rings. The lowest BCUT2D eigenvalue weighted by Crippen LogP contribution is -2.27. The number of aromatic nitrogens is 1. The first-order chi connectivity index (χ1) is 5.81. The van der Waals surface area contributed by atoms with E-state index in [2.05, 4.69) is 38.9 Å². The van der Waals surface area contributed by atoms with Crippen LogP contribution in [0.25, 0.3) is 4.48 Å². The Morgan fingerprint density at radius 3 is 3.17 bits per heavy atom. The van der Waals surface area contributed by atoms with Gasteiger partial charge in [-0.1, -0.05) is 22.9 Å². The maximum absolute atomic E-state index is 4.41. The smallest absolute Gasteiger partial charge is 0.133 e. The fraction of sp³-hybridized carbons (Fsp3) is 0.444. The Balaban J connectivity index is 2.73. The number of hydrogen-bond donors (Lipinski definition) is 1. The highest BCUT2D eigenvalue weighted by molar-refractivity contribution is 9.14. The van der Waals surface area contributed by atoms with Crippen molar-refractivity contribution in [1.82, 2.24) is 4.98 Å². The van der Waals surface area contributed by atoms with E-state index in [4.69, 9.17) is 0 Å². The maximum Gasteiger partial charge on any atom is 0.133 e. The van der Waals surface area contributed by atoms with Crippen LogP contribution in [0.3, 0.4) is 0 Å². The molecule has 0 amide bonds. The summed E-state index contributed by atoms with van der Waals surface area (Å²) in [6, 6.07) is 2.18. The van der Waals surface area contributed by atoms with E-state index in [1.165, 1.54) is 15.4 Å². The van der Waals surface area contributed by atoms with Gasteiger partial charge in [0.2, 0.25) is 0 Å². The predicted molar refractivity (Wildman–Crippen MR) is 52.8 cm³/mol. The summed E-state index contributed by atoms with van der Waals surface area (Å²) in [6.45, 7) is 3.04. The molecule has 2 nitrogen and oxygen atoms in total. The van der Waals surface area contributed by atoms with Gasteiger partial charge >= 0.3 is 0 Å². The minimum atomic E-state index is 0.900. The van der Waals surface area contributed by atoms with Crippen molar-refractivity contribution in [3.63, 3.8) is 0 Å². The molecule has 0 aromatic carbocycles. The van der Waals surface area contributed by atoms with Gasteiger partial charge in [0.15, 0.2) is 0 Å². The molecule has 3 heteroatoms. The van der Waals surface area contributed by atoms with Crippen molar-refractivity contribution >= 4 is 20.4 Å². The minimum absolute atomic E-state index is 0.900. The van der Waals surface area contributed by atoms with E-state index >= 15 is 0 Å². The Morgan fingerprint density at radius 1 is 1.67 bits per heavy atom. The van der Waals surface area contributed by atoms with Gasteiger partial charge in [-0.3, -0.25) is 4.99 Å². The number of hydrogen-bond acceptors (Lipinski definition) is 1. The van der Waals surface area contributed by atoms with Crippen molar-refractivity contribution in [2.24, 2.45) is 4.99 Å². The molecule has 1 aliphatic rings. The second kappa shape index (κ2) is 3.05. The van der Waals surface area contributed by atoms with Crippen molar-refractivity contribution in [3.05, 3.63) is 22.5 Å². The minimum Gasteiger partial charge on any atom is -0.344 e. The van der Waals surface area contributed by atoms with Gasteiger partial charge in [0.25, 0.3) is 0 Å². The molecule has 0 atom stereocenters. The topological polar surface area (TPSA) is 28.1 Å². The van der Waals surface area contributed by atoms with Crippen LogP contribution in [-0.2, 0) is 6.42 Å². The van der Waals surface area contributed by atoms with Gasteiger partial charge in [-0.15, -0.1) is 0 Å². The van der Waals surface area contributed by atoms with E-state index in [1.54, 1.807) is 0 Å². The number of aryl methyl sites for hydroxylation is 1. The molecular formula is C9H11BrN2. The van der Waals surface area contributed by atoms with Gasteiger partial charge < -0.3 is 4.98 Å². The average Bonchev–Trinajstić information content (AvgIpc) is 2.49. The van der Waals surface area contributed by atoms with Crippen molar-refractivity contribution in [2.75, 3.05) is 6.54 Å². The van der Waals surface area contributed by atoms with Crippen LogP contribution >= 0.6 is 15.9 Å². The number of nitrogens with zero attached hydrogens (tertiary/aromatic N) is 1. The Morgan fingerprint density at radius 2 is 2.50 bits per heavy atom. The number of fused-ring (bicyclic) bond motifs is 1. The zero-order valence-corrected chi connectivity index (χ0v) is 8.61. The number of rotatable bonds is 1. The van der Waals surface area contributed by atoms with Crippen LogP contribution in [0.1, 0.15) is 19.0 Å². The van der Waals surface area contributed by atoms with Crippen LogP contribution in [0.15, 0.2) is 11.1 Å². The molecule has 2 rings (SSSR count). The van der Waals surface area contributed by atoms with E-state index in [0.717, 1.165) is 24.9 Å². The fourth-order valence-electron chi connectivity index (χ4n) is 1.42. The van der Waals surface area contributed by atoms with Crippen LogP contribution in [0.5, 0.6) is 0 Å². The Kier molecular flexibility index (Phi) is 2.05. The highest BCUT2D eigenvalue weighted by Crippen LogP contribution is 2.10. The molecule has 0 saturated carbocycles. The second-order valence-corrected chi connectivity index (χ2v) is 3.90. The molecular weight excluding hydrogens is 216 g/mol. The lowest BCUT2D eigenvalue weighted by atomic mass is 10.2. The third-order valence-electron chi connectivity index (χ3n) is 2.13. The van der Waals surface area contributed by atoms with E-state index in [9.17, 15) is 0 Å². The van der Waals surface area contributed by atoms with E-state index in [0.29, 0.717) is 0 Å². The maximum atomic E-state index is 4.41. The van der Waals surface area contributed by atoms with Gasteiger partial charge in [-0.25, -0.2) is 0 Å². The van der Waals surface area contributed by atoms with Crippen molar-refractivity contribution in [2.45, 2.75) is 19.8 Å². The molecule has 1 N–H and O–H groups in total. The molecule has 0 saturated heterocycles. The first-order valence-corrected chi connectivity index (χ1v) is 5.01. The monoisotopic (exact) mass is 226 g/mol. The van der Waals surface area contributed by atoms with Crippen LogP contribution in [0, 0.1) is 0 Å². The lowest BCUT2D eigenvalue weighted by molar-refractivity contribution is 0.920. The molecule has 1 aliphatic heterocycles. The normalized spacial score (nSPS) is 15.7. The van der Waals surface area contributed by atoms with Crippen LogP contribution in [-0.4, -0.2) is 11.5 Å². The van der Waals surface area contributed by atoms with Crippen LogP contribution in [0.2, 0.25) is 0 Å². The SMILES string of the molecule is CCc1cc2c([nH]1)=NCCC=2Br. The third-order valence-corrected chi connectivity index (χ3v) is 2.95. The predicted octanol–water partition coefficient (Wildman–Crippen LogP) is 1.10. The summed E-state index contributed by atoms with van der Waals surface area (Å²) in [5.41, 5.74) is 2.31. The molecule has 12 heavy (non-hydrogen) atoms. The molecule has 0 bridgehead atoms. The number of H-pyrrole nitrogens is 1. The summed E-state index contributed by atoms with van der Waals surface area (Å²) in [5.74, 6) is 0. The number of halogens is 1. The zero-order chi connectivity index (χ0) is 8.55. The van der Waals surface area contributed by atoms with Gasteiger partial charge in [0.05, 0.1) is 0 Å². The van der Waals surface area contributed by atoms with Gasteiger partial charge in [-0.05, 0) is 18.9 Å². The standard InChI is InChI=1S/C9H11BrN2/c1-2-6-5-7-8(10)3-4-11-9(7)12-6/h5H,2-4H2,1H3,(H,11,12). The summed E-state index contributed by atoms with van der Waals surface area (Å²) in [5, 5.41) is 1.25. The molecule has 64 valence electrons. The summed E-state index contributed by atoms with van der Waals surface area (Å²) in [6.07, 6.45) is 2.08. The fourth-order valence-corrected chi connectivity index (χ4v) is 1.90. The van der Waals surface area contributed by atoms with E-state index in [1.807, 2.05) is 0 Å².